The van der Waals surface area contributed by atoms with Crippen LogP contribution in [0.4, 0.5) is 0 Å². The zero-order valence-corrected chi connectivity index (χ0v) is 7.60. The van der Waals surface area contributed by atoms with Gasteiger partial charge in [-0.2, -0.15) is 0 Å². The molecule has 3 heteroatoms. The van der Waals surface area contributed by atoms with Gasteiger partial charge in [0.2, 0.25) is 0 Å². The number of allylic oxidation sites excluding steroid dienone is 5. The van der Waals surface area contributed by atoms with Gasteiger partial charge in [0.05, 0.1) is 0 Å². The van der Waals surface area contributed by atoms with Crippen LogP contribution in [0, 0.1) is 5.21 Å². The van der Waals surface area contributed by atoms with Crippen molar-refractivity contribution in [3.8, 4) is 0 Å². The van der Waals surface area contributed by atoms with Crippen molar-refractivity contribution in [3.05, 3.63) is 40.2 Å². The fourth-order valence-corrected chi connectivity index (χ4v) is 1.68. The van der Waals surface area contributed by atoms with Crippen LogP contribution in [0.3, 0.4) is 0 Å². The Kier molecular flexibility index (Phi) is 3.53. The van der Waals surface area contributed by atoms with Crippen molar-refractivity contribution in [1.82, 2.24) is 0 Å². The number of quaternary nitrogens is 1. The van der Waals surface area contributed by atoms with Gasteiger partial charge in [0.15, 0.2) is 0 Å². The van der Waals surface area contributed by atoms with Gasteiger partial charge < -0.3 is 10.7 Å². The van der Waals surface area contributed by atoms with Crippen LogP contribution < -0.4 is 5.48 Å². The highest BCUT2D eigenvalue weighted by Crippen LogP contribution is 2.29. The molecule has 0 spiro atoms. The number of hydroxylamine groups is 1. The quantitative estimate of drug-likeness (QED) is 0.529. The molecule has 0 amide bonds. The van der Waals surface area contributed by atoms with Crippen molar-refractivity contribution in [1.29, 1.82) is 0 Å². The lowest BCUT2D eigenvalue weighted by molar-refractivity contribution is -0.538. The van der Waals surface area contributed by atoms with E-state index >= 15 is 0 Å². The number of rotatable bonds is 3. The summed E-state index contributed by atoms with van der Waals surface area (Å²) in [5.41, 5.74) is 2.74. The van der Waals surface area contributed by atoms with Crippen molar-refractivity contribution < 1.29 is 5.48 Å². The SMILES string of the molecule is C=C/C=C(/Cl)C1=C([NH2+][O-])CCC1. The van der Waals surface area contributed by atoms with Crippen molar-refractivity contribution in [2.24, 2.45) is 0 Å². The molecule has 0 heterocycles. The molecule has 0 saturated carbocycles. The summed E-state index contributed by atoms with van der Waals surface area (Å²) in [6.07, 6.45) is 6.17. The molecule has 1 rings (SSSR count). The molecular weight excluding hydrogens is 174 g/mol. The van der Waals surface area contributed by atoms with Crippen LogP contribution >= 0.6 is 11.6 Å². The lowest BCUT2D eigenvalue weighted by Gasteiger charge is -2.04. The standard InChI is InChI=1S/C9H12ClNO/c1-2-4-8(10)7-5-3-6-9(7)11-12/h2,4H,1,3,5-6,11H2/b8-4+. The number of nitrogens with two attached hydrogens (primary N) is 1. The largest absolute Gasteiger partial charge is 0.631 e. The Morgan fingerprint density at radius 2 is 2.33 bits per heavy atom. The first-order valence-corrected chi connectivity index (χ1v) is 4.33. The lowest BCUT2D eigenvalue weighted by Crippen LogP contribution is -2.74. The van der Waals surface area contributed by atoms with Gasteiger partial charge in [0.25, 0.3) is 0 Å². The van der Waals surface area contributed by atoms with Crippen LogP contribution in [0.2, 0.25) is 0 Å². The van der Waals surface area contributed by atoms with Crippen molar-refractivity contribution in [2.75, 3.05) is 0 Å². The summed E-state index contributed by atoms with van der Waals surface area (Å²) in [7, 11) is 0. The normalized spacial score (nSPS) is 18.7. The Morgan fingerprint density at radius 3 is 2.92 bits per heavy atom. The molecule has 1 aliphatic carbocycles. The highest BCUT2D eigenvalue weighted by molar-refractivity contribution is 6.32. The minimum Gasteiger partial charge on any atom is -0.631 e. The third-order valence-electron chi connectivity index (χ3n) is 1.96. The zero-order valence-electron chi connectivity index (χ0n) is 6.85. The smallest absolute Gasteiger partial charge is 0.110 e. The fraction of sp³-hybridized carbons (Fsp3) is 0.333. The second kappa shape index (κ2) is 4.45. The van der Waals surface area contributed by atoms with E-state index in [-0.39, 0.29) is 0 Å². The molecule has 1 aliphatic rings. The zero-order chi connectivity index (χ0) is 8.97. The molecule has 0 bridgehead atoms. The maximum Gasteiger partial charge on any atom is 0.110 e. The van der Waals surface area contributed by atoms with Crippen LogP contribution in [-0.2, 0) is 0 Å². The van der Waals surface area contributed by atoms with E-state index < -0.39 is 0 Å². The summed E-state index contributed by atoms with van der Waals surface area (Å²) in [5.74, 6) is 0. The summed E-state index contributed by atoms with van der Waals surface area (Å²) >= 11 is 5.93. The molecule has 2 N–H and O–H groups in total. The van der Waals surface area contributed by atoms with E-state index in [1.54, 1.807) is 12.2 Å². The van der Waals surface area contributed by atoms with Gasteiger partial charge in [-0.1, -0.05) is 24.3 Å². The van der Waals surface area contributed by atoms with Gasteiger partial charge in [-0.05, 0) is 18.9 Å². The predicted molar refractivity (Wildman–Crippen MR) is 50.3 cm³/mol. The fourth-order valence-electron chi connectivity index (χ4n) is 1.37. The molecule has 2 nitrogen and oxygen atoms in total. The number of hydrogen-bond acceptors (Lipinski definition) is 1. The molecule has 0 saturated heterocycles. The second-order valence-electron chi connectivity index (χ2n) is 2.73. The van der Waals surface area contributed by atoms with Gasteiger partial charge in [-0.25, -0.2) is 0 Å². The molecular formula is C9H12ClNO. The second-order valence-corrected chi connectivity index (χ2v) is 3.13. The van der Waals surface area contributed by atoms with E-state index in [1.165, 1.54) is 0 Å². The Hall–Kier alpha value is -0.570. The van der Waals surface area contributed by atoms with Crippen molar-refractivity contribution >= 4 is 11.6 Å². The predicted octanol–water partition coefficient (Wildman–Crippen LogP) is 1.79. The number of hydrogen-bond donors (Lipinski definition) is 1. The highest BCUT2D eigenvalue weighted by atomic mass is 35.5. The monoisotopic (exact) mass is 185 g/mol. The van der Waals surface area contributed by atoms with E-state index in [9.17, 15) is 5.21 Å². The van der Waals surface area contributed by atoms with Crippen LogP contribution in [0.25, 0.3) is 0 Å². The molecule has 12 heavy (non-hydrogen) atoms. The first kappa shape index (κ1) is 9.52. The summed E-state index contributed by atoms with van der Waals surface area (Å²) in [6.45, 7) is 3.55. The Balaban J connectivity index is 2.85. The molecule has 0 unspecified atom stereocenters. The lowest BCUT2D eigenvalue weighted by atomic mass is 10.2. The van der Waals surface area contributed by atoms with Crippen LogP contribution in [0.1, 0.15) is 19.3 Å². The van der Waals surface area contributed by atoms with E-state index in [4.69, 9.17) is 11.6 Å². The summed E-state index contributed by atoms with van der Waals surface area (Å²) in [6, 6.07) is 0. The molecule has 0 radical (unpaired) electrons. The summed E-state index contributed by atoms with van der Waals surface area (Å²) < 4.78 is 0. The third kappa shape index (κ3) is 1.97. The van der Waals surface area contributed by atoms with E-state index in [2.05, 4.69) is 6.58 Å². The van der Waals surface area contributed by atoms with E-state index in [1.807, 2.05) is 0 Å². The van der Waals surface area contributed by atoms with E-state index in [0.29, 0.717) is 5.03 Å². The molecule has 0 atom stereocenters. The maximum absolute atomic E-state index is 10.6. The topological polar surface area (TPSA) is 39.7 Å². The number of halogens is 1. The summed E-state index contributed by atoms with van der Waals surface area (Å²) in [4.78, 5) is 0. The first-order valence-electron chi connectivity index (χ1n) is 3.95. The molecule has 0 aromatic carbocycles. The first-order chi connectivity index (χ1) is 5.79. The van der Waals surface area contributed by atoms with E-state index in [0.717, 1.165) is 36.0 Å². The molecule has 0 aliphatic heterocycles. The summed E-state index contributed by atoms with van der Waals surface area (Å²) in [5, 5.41) is 11.2. The minimum atomic E-state index is 0.657. The minimum absolute atomic E-state index is 0.657. The average molecular weight is 186 g/mol. The highest BCUT2D eigenvalue weighted by Gasteiger charge is 2.17. The van der Waals surface area contributed by atoms with Crippen molar-refractivity contribution in [2.45, 2.75) is 19.3 Å². The molecule has 0 aromatic heterocycles. The molecule has 0 aromatic rings. The maximum atomic E-state index is 10.6. The van der Waals surface area contributed by atoms with Crippen molar-refractivity contribution in [3.63, 3.8) is 0 Å². The Labute approximate surface area is 77.2 Å². The Morgan fingerprint density at radius 1 is 1.58 bits per heavy atom. The molecule has 66 valence electrons. The van der Waals surface area contributed by atoms with Crippen LogP contribution in [0.5, 0.6) is 0 Å². The van der Waals surface area contributed by atoms with Crippen LogP contribution in [-0.4, -0.2) is 0 Å². The molecule has 0 fully saturated rings. The van der Waals surface area contributed by atoms with Gasteiger partial charge >= 0.3 is 0 Å². The van der Waals surface area contributed by atoms with Gasteiger partial charge in [-0.3, -0.25) is 0 Å². The van der Waals surface area contributed by atoms with Gasteiger partial charge in [0.1, 0.15) is 5.70 Å². The van der Waals surface area contributed by atoms with Crippen LogP contribution in [0.15, 0.2) is 35.0 Å². The van der Waals surface area contributed by atoms with Gasteiger partial charge in [0, 0.05) is 17.0 Å². The Bertz CT molecular complexity index is 243. The average Bonchev–Trinajstić information content (AvgIpc) is 2.51. The third-order valence-corrected chi connectivity index (χ3v) is 2.31. The van der Waals surface area contributed by atoms with Gasteiger partial charge in [-0.15, -0.1) is 0 Å².